The molecule has 0 amide bonds. The molecular weight excluding hydrogens is 556 g/mol. The predicted molar refractivity (Wildman–Crippen MR) is 198 cm³/mol. The largest absolute Gasteiger partial charge is 0.310 e. The summed E-state index contributed by atoms with van der Waals surface area (Å²) in [7, 11) is 0. The van der Waals surface area contributed by atoms with Gasteiger partial charge in [0.1, 0.15) is 0 Å². The summed E-state index contributed by atoms with van der Waals surface area (Å²) >= 11 is 0. The molecule has 0 aromatic heterocycles. The lowest BCUT2D eigenvalue weighted by Gasteiger charge is -2.31. The van der Waals surface area contributed by atoms with E-state index in [1.54, 1.807) is 0 Å². The molecule has 0 spiro atoms. The zero-order valence-corrected chi connectivity index (χ0v) is 26.3. The molecule has 0 N–H and O–H groups in total. The maximum atomic E-state index is 2.44. The van der Waals surface area contributed by atoms with Gasteiger partial charge >= 0.3 is 0 Å². The van der Waals surface area contributed by atoms with Gasteiger partial charge in [0.2, 0.25) is 0 Å². The maximum absolute atomic E-state index is 2.44. The fraction of sp³-hybridized carbons (Fsp3) is 0.0909. The molecule has 0 saturated carbocycles. The molecule has 2 nitrogen and oxygen atoms in total. The molecule has 1 atom stereocenters. The number of hydrogen-bond donors (Lipinski definition) is 0. The first-order chi connectivity index (χ1) is 22.7. The third kappa shape index (κ3) is 4.93. The number of aryl methyl sites for hydroxylation is 1. The van der Waals surface area contributed by atoms with Crippen LogP contribution in [0.25, 0.3) is 32.3 Å². The molecule has 1 unspecified atom stereocenters. The van der Waals surface area contributed by atoms with E-state index in [2.05, 4.69) is 187 Å². The average molecular weight is 593 g/mol. The fourth-order valence-electron chi connectivity index (χ4n) is 6.87. The zero-order valence-electron chi connectivity index (χ0n) is 26.3. The molecule has 2 heteroatoms. The van der Waals surface area contributed by atoms with Crippen molar-refractivity contribution in [3.8, 4) is 0 Å². The molecule has 46 heavy (non-hydrogen) atoms. The Hall–Kier alpha value is -5.60. The summed E-state index contributed by atoms with van der Waals surface area (Å²) in [4.78, 5) is 4.84. The Kier molecular flexibility index (Phi) is 7.11. The van der Waals surface area contributed by atoms with Gasteiger partial charge in [-0.1, -0.05) is 122 Å². The van der Waals surface area contributed by atoms with E-state index in [0.29, 0.717) is 5.92 Å². The van der Waals surface area contributed by atoms with Gasteiger partial charge < -0.3 is 9.80 Å². The highest BCUT2D eigenvalue weighted by Gasteiger charge is 2.22. The van der Waals surface area contributed by atoms with Crippen molar-refractivity contribution in [2.45, 2.75) is 20.3 Å². The number of allylic oxidation sites excluding steroid dienone is 3. The van der Waals surface area contributed by atoms with Crippen LogP contribution < -0.4 is 9.80 Å². The van der Waals surface area contributed by atoms with Crippen molar-refractivity contribution in [3.63, 3.8) is 0 Å². The summed E-state index contributed by atoms with van der Waals surface area (Å²) in [6.07, 6.45) is 8.04. The van der Waals surface area contributed by atoms with Crippen LogP contribution in [-0.2, 0) is 0 Å². The van der Waals surface area contributed by atoms with Crippen molar-refractivity contribution in [1.82, 2.24) is 0 Å². The van der Waals surface area contributed by atoms with Crippen molar-refractivity contribution in [3.05, 3.63) is 175 Å². The number of anilines is 5. The third-order valence-electron chi connectivity index (χ3n) is 9.19. The van der Waals surface area contributed by atoms with Crippen LogP contribution in [-0.4, -0.2) is 0 Å². The van der Waals surface area contributed by atoms with E-state index < -0.39 is 0 Å². The molecular formula is C44H36N2. The van der Waals surface area contributed by atoms with E-state index in [1.807, 2.05) is 0 Å². The minimum Gasteiger partial charge on any atom is -0.310 e. The first-order valence-corrected chi connectivity index (χ1v) is 16.2. The minimum absolute atomic E-state index is 0.540. The fourth-order valence-corrected chi connectivity index (χ4v) is 6.87. The Morgan fingerprint density at radius 2 is 0.935 bits per heavy atom. The summed E-state index contributed by atoms with van der Waals surface area (Å²) in [6.45, 7) is 4.42. The Bertz CT molecular complexity index is 2250. The molecule has 7 aromatic carbocycles. The van der Waals surface area contributed by atoms with E-state index >= 15 is 0 Å². The lowest BCUT2D eigenvalue weighted by molar-refractivity contribution is 0.728. The van der Waals surface area contributed by atoms with Gasteiger partial charge in [-0.05, 0) is 95.4 Å². The predicted octanol–water partition coefficient (Wildman–Crippen LogP) is 12.5. The smallest absolute Gasteiger partial charge is 0.0546 e. The van der Waals surface area contributed by atoms with Crippen molar-refractivity contribution in [1.29, 1.82) is 0 Å². The van der Waals surface area contributed by atoms with Gasteiger partial charge in [0.25, 0.3) is 0 Å². The number of hydrogen-bond acceptors (Lipinski definition) is 2. The summed E-state index contributed by atoms with van der Waals surface area (Å²) < 4.78 is 0. The van der Waals surface area contributed by atoms with Crippen molar-refractivity contribution < 1.29 is 0 Å². The molecule has 0 aliphatic heterocycles. The normalized spacial score (nSPS) is 14.5. The number of nitrogens with zero attached hydrogens (tertiary/aromatic N) is 2. The van der Waals surface area contributed by atoms with E-state index in [0.717, 1.165) is 23.5 Å². The third-order valence-corrected chi connectivity index (χ3v) is 9.19. The van der Waals surface area contributed by atoms with Crippen LogP contribution in [0.1, 0.15) is 18.9 Å². The second-order valence-corrected chi connectivity index (χ2v) is 12.4. The standard InChI is InChI=1S/C44H36N2/c1-31-21-25-35(26-22-31)45(33-13-5-3-6-14-33)43-29-41-38-18-10-12-20-40(38)44(30-42(41)37-17-9-11-19-39(37)43)46(34-15-7-4-8-16-34)36-27-23-32(2)24-28-36/h3-23,25-30,32H,24H2,1-2H3. The minimum atomic E-state index is 0.540. The van der Waals surface area contributed by atoms with E-state index in [9.17, 15) is 0 Å². The Labute approximate surface area is 271 Å². The van der Waals surface area contributed by atoms with E-state index in [-0.39, 0.29) is 0 Å². The quantitative estimate of drug-likeness (QED) is 0.177. The second-order valence-electron chi connectivity index (χ2n) is 12.4. The lowest BCUT2D eigenvalue weighted by atomic mass is 9.93. The van der Waals surface area contributed by atoms with Gasteiger partial charge in [0.15, 0.2) is 0 Å². The van der Waals surface area contributed by atoms with Crippen LogP contribution in [0.4, 0.5) is 28.4 Å². The highest BCUT2D eigenvalue weighted by Crippen LogP contribution is 2.47. The van der Waals surface area contributed by atoms with Crippen molar-refractivity contribution in [2.24, 2.45) is 5.92 Å². The summed E-state index contributed by atoms with van der Waals surface area (Å²) in [6, 6.07) is 53.0. The molecule has 0 bridgehead atoms. The zero-order chi connectivity index (χ0) is 31.0. The van der Waals surface area contributed by atoms with Crippen LogP contribution in [0, 0.1) is 12.8 Å². The number of para-hydroxylation sites is 2. The molecule has 222 valence electrons. The van der Waals surface area contributed by atoms with Crippen LogP contribution in [0.15, 0.2) is 170 Å². The van der Waals surface area contributed by atoms with Gasteiger partial charge in [-0.2, -0.15) is 0 Å². The first kappa shape index (κ1) is 27.9. The molecule has 0 radical (unpaired) electrons. The van der Waals surface area contributed by atoms with E-state index in [1.165, 1.54) is 55.0 Å². The van der Waals surface area contributed by atoms with Gasteiger partial charge in [-0.3, -0.25) is 0 Å². The second kappa shape index (κ2) is 11.7. The number of rotatable bonds is 6. The van der Waals surface area contributed by atoms with Gasteiger partial charge in [0, 0.05) is 33.5 Å². The topological polar surface area (TPSA) is 6.48 Å². The summed E-state index contributed by atoms with van der Waals surface area (Å²) in [5.41, 5.74) is 8.26. The van der Waals surface area contributed by atoms with Crippen LogP contribution in [0.5, 0.6) is 0 Å². The highest BCUT2D eigenvalue weighted by molar-refractivity contribution is 6.24. The van der Waals surface area contributed by atoms with Gasteiger partial charge in [-0.25, -0.2) is 0 Å². The summed E-state index contributed by atoms with van der Waals surface area (Å²) in [5, 5.41) is 7.43. The Morgan fingerprint density at radius 1 is 0.478 bits per heavy atom. The van der Waals surface area contributed by atoms with Crippen molar-refractivity contribution in [2.75, 3.05) is 9.80 Å². The van der Waals surface area contributed by atoms with Crippen molar-refractivity contribution >= 4 is 60.8 Å². The van der Waals surface area contributed by atoms with Gasteiger partial charge in [0.05, 0.1) is 11.4 Å². The highest BCUT2D eigenvalue weighted by atomic mass is 15.2. The molecule has 0 heterocycles. The Morgan fingerprint density at radius 3 is 1.46 bits per heavy atom. The number of fused-ring (bicyclic) bond motifs is 5. The molecule has 8 rings (SSSR count). The first-order valence-electron chi connectivity index (χ1n) is 16.2. The maximum Gasteiger partial charge on any atom is 0.0546 e. The Balaban J connectivity index is 1.45. The number of benzene rings is 7. The van der Waals surface area contributed by atoms with Crippen LogP contribution in [0.3, 0.4) is 0 Å². The molecule has 1 aliphatic rings. The van der Waals surface area contributed by atoms with Gasteiger partial charge in [-0.15, -0.1) is 0 Å². The monoisotopic (exact) mass is 592 g/mol. The SMILES string of the molecule is Cc1ccc(N(c2ccccc2)c2cc3c4ccccc4c(N(C4=CCC(C)C=C4)c4ccccc4)cc3c3ccccc23)cc1. The molecule has 0 saturated heterocycles. The van der Waals surface area contributed by atoms with E-state index in [4.69, 9.17) is 0 Å². The van der Waals surface area contributed by atoms with Crippen LogP contribution >= 0.6 is 0 Å². The average Bonchev–Trinajstić information content (AvgIpc) is 3.11. The molecule has 0 fully saturated rings. The summed E-state index contributed by atoms with van der Waals surface area (Å²) in [5.74, 6) is 0.540. The molecule has 1 aliphatic carbocycles. The lowest BCUT2D eigenvalue weighted by Crippen LogP contribution is -2.17. The molecule has 7 aromatic rings. The van der Waals surface area contributed by atoms with Crippen LogP contribution in [0.2, 0.25) is 0 Å².